The number of benzene rings is 2. The van der Waals surface area contributed by atoms with E-state index in [1.807, 2.05) is 24.3 Å². The molecule has 3 aromatic rings. The molecule has 0 radical (unpaired) electrons. The first kappa shape index (κ1) is 17.5. The number of anilines is 1. The maximum absolute atomic E-state index is 11.6. The van der Waals surface area contributed by atoms with Gasteiger partial charge in [-0.05, 0) is 35.2 Å². The van der Waals surface area contributed by atoms with E-state index >= 15 is 0 Å². The summed E-state index contributed by atoms with van der Waals surface area (Å²) in [5.41, 5.74) is 4.13. The molecule has 1 aliphatic rings. The Hall–Kier alpha value is -2.92. The fraction of sp³-hybridized carbons (Fsp3) is 0.190. The number of carbonyl (C=O) groups is 1. The number of hydrogen-bond acceptors (Lipinski definition) is 4. The molecule has 1 aliphatic heterocycles. The summed E-state index contributed by atoms with van der Waals surface area (Å²) >= 11 is 6.06. The van der Waals surface area contributed by atoms with Crippen molar-refractivity contribution >= 4 is 23.5 Å². The minimum atomic E-state index is -1.03. The van der Waals surface area contributed by atoms with E-state index in [9.17, 15) is 9.90 Å². The third-order valence-corrected chi connectivity index (χ3v) is 4.99. The first-order valence-electron chi connectivity index (χ1n) is 8.75. The maximum Gasteiger partial charge on any atom is 0.339 e. The van der Waals surface area contributed by atoms with Crippen LogP contribution in [-0.2, 0) is 19.4 Å². The van der Waals surface area contributed by atoms with E-state index in [0.29, 0.717) is 23.1 Å². The van der Waals surface area contributed by atoms with Crippen molar-refractivity contribution in [3.63, 3.8) is 0 Å². The molecule has 0 aliphatic carbocycles. The summed E-state index contributed by atoms with van der Waals surface area (Å²) in [5, 5.41) is 10.1. The topological polar surface area (TPSA) is 66.3 Å². The fourth-order valence-electron chi connectivity index (χ4n) is 3.38. The van der Waals surface area contributed by atoms with E-state index in [1.54, 1.807) is 6.07 Å². The van der Waals surface area contributed by atoms with Crippen LogP contribution in [0.2, 0.25) is 5.02 Å². The van der Waals surface area contributed by atoms with Gasteiger partial charge in [0.2, 0.25) is 5.95 Å². The average molecular weight is 380 g/mol. The Morgan fingerprint density at radius 2 is 1.96 bits per heavy atom. The van der Waals surface area contributed by atoms with Crippen LogP contribution in [-0.4, -0.2) is 27.6 Å². The molecule has 136 valence electrons. The Kier molecular flexibility index (Phi) is 4.77. The third-order valence-electron chi connectivity index (χ3n) is 4.76. The summed E-state index contributed by atoms with van der Waals surface area (Å²) < 4.78 is 0. The van der Waals surface area contributed by atoms with Gasteiger partial charge in [-0.2, -0.15) is 0 Å². The number of carboxylic acid groups (broad SMARTS) is 1. The first-order valence-corrected chi connectivity index (χ1v) is 9.13. The van der Waals surface area contributed by atoms with E-state index in [1.165, 1.54) is 17.3 Å². The van der Waals surface area contributed by atoms with E-state index in [4.69, 9.17) is 11.6 Å². The lowest BCUT2D eigenvalue weighted by Crippen LogP contribution is -2.32. The van der Waals surface area contributed by atoms with Gasteiger partial charge in [0.05, 0.1) is 11.3 Å². The number of hydrogen-bond donors (Lipinski definition) is 1. The molecule has 0 saturated heterocycles. The highest BCUT2D eigenvalue weighted by Gasteiger charge is 2.21. The van der Waals surface area contributed by atoms with Gasteiger partial charge in [0, 0.05) is 30.7 Å². The molecule has 0 unspecified atom stereocenters. The lowest BCUT2D eigenvalue weighted by atomic mass is 10.0. The highest BCUT2D eigenvalue weighted by atomic mass is 35.5. The van der Waals surface area contributed by atoms with E-state index in [-0.39, 0.29) is 5.56 Å². The van der Waals surface area contributed by atoms with Crippen LogP contribution in [0.25, 0.3) is 0 Å². The monoisotopic (exact) mass is 379 g/mol. The lowest BCUT2D eigenvalue weighted by Gasteiger charge is -2.29. The predicted molar refractivity (Wildman–Crippen MR) is 104 cm³/mol. The van der Waals surface area contributed by atoms with Gasteiger partial charge in [-0.3, -0.25) is 0 Å². The molecule has 2 aromatic carbocycles. The van der Waals surface area contributed by atoms with Gasteiger partial charge in [0.25, 0.3) is 0 Å². The van der Waals surface area contributed by atoms with Crippen LogP contribution in [0.5, 0.6) is 0 Å². The van der Waals surface area contributed by atoms with Crippen LogP contribution in [0, 0.1) is 0 Å². The first-order chi connectivity index (χ1) is 13.1. The molecule has 1 N–H and O–H groups in total. The SMILES string of the molecule is O=C(O)c1cnc(N2CCc3ccccc3C2)nc1Cc1cccc(Cl)c1. The highest BCUT2D eigenvalue weighted by Crippen LogP contribution is 2.23. The summed E-state index contributed by atoms with van der Waals surface area (Å²) in [6.45, 7) is 1.53. The minimum absolute atomic E-state index is 0.121. The predicted octanol–water partition coefficient (Wildman–Crippen LogP) is 3.98. The Bertz CT molecular complexity index is 1010. The standard InChI is InChI=1S/C21H18ClN3O2/c22-17-7-3-4-14(10-17)11-19-18(20(26)27)12-23-21(24-19)25-9-8-15-5-1-2-6-16(15)13-25/h1-7,10,12H,8-9,11,13H2,(H,26,27). The van der Waals surface area contributed by atoms with E-state index in [0.717, 1.165) is 25.1 Å². The smallest absolute Gasteiger partial charge is 0.339 e. The molecular formula is C21H18ClN3O2. The van der Waals surface area contributed by atoms with Crippen LogP contribution in [0.4, 0.5) is 5.95 Å². The van der Waals surface area contributed by atoms with Crippen molar-refractivity contribution in [1.29, 1.82) is 0 Å². The van der Waals surface area contributed by atoms with E-state index in [2.05, 4.69) is 33.1 Å². The van der Waals surface area contributed by atoms with Gasteiger partial charge in [-0.25, -0.2) is 14.8 Å². The second kappa shape index (κ2) is 7.37. The zero-order valence-electron chi connectivity index (χ0n) is 14.6. The van der Waals surface area contributed by atoms with Gasteiger partial charge in [0.15, 0.2) is 0 Å². The maximum atomic E-state index is 11.6. The third kappa shape index (κ3) is 3.78. The normalized spacial score (nSPS) is 13.3. The zero-order chi connectivity index (χ0) is 18.8. The lowest BCUT2D eigenvalue weighted by molar-refractivity contribution is 0.0695. The number of aromatic nitrogens is 2. The summed E-state index contributed by atoms with van der Waals surface area (Å²) in [7, 11) is 0. The molecule has 0 amide bonds. The van der Waals surface area contributed by atoms with Crippen LogP contribution < -0.4 is 4.90 Å². The molecule has 0 spiro atoms. The Balaban J connectivity index is 1.66. The molecule has 2 heterocycles. The number of nitrogens with zero attached hydrogens (tertiary/aromatic N) is 3. The summed E-state index contributed by atoms with van der Waals surface area (Å²) in [6.07, 6.45) is 2.72. The number of carboxylic acids is 1. The largest absolute Gasteiger partial charge is 0.478 e. The molecule has 0 atom stereocenters. The zero-order valence-corrected chi connectivity index (χ0v) is 15.4. The van der Waals surface area contributed by atoms with Crippen molar-refractivity contribution in [3.05, 3.63) is 87.7 Å². The van der Waals surface area contributed by atoms with Crippen LogP contribution in [0.3, 0.4) is 0 Å². The molecule has 0 bridgehead atoms. The van der Waals surface area contributed by atoms with Gasteiger partial charge in [0.1, 0.15) is 0 Å². The van der Waals surface area contributed by atoms with Crippen molar-refractivity contribution in [2.24, 2.45) is 0 Å². The highest BCUT2D eigenvalue weighted by molar-refractivity contribution is 6.30. The Morgan fingerprint density at radius 1 is 1.15 bits per heavy atom. The molecule has 27 heavy (non-hydrogen) atoms. The summed E-state index contributed by atoms with van der Waals surface area (Å²) in [4.78, 5) is 22.6. The molecule has 0 saturated carbocycles. The van der Waals surface area contributed by atoms with Gasteiger partial charge < -0.3 is 10.0 Å². The van der Waals surface area contributed by atoms with Crippen molar-refractivity contribution < 1.29 is 9.90 Å². The number of halogens is 1. The van der Waals surface area contributed by atoms with Crippen molar-refractivity contribution in [3.8, 4) is 0 Å². The van der Waals surface area contributed by atoms with Gasteiger partial charge in [-0.1, -0.05) is 48.0 Å². The molecule has 5 nitrogen and oxygen atoms in total. The number of fused-ring (bicyclic) bond motifs is 1. The summed E-state index contributed by atoms with van der Waals surface area (Å²) in [5.74, 6) is -0.464. The second-order valence-corrected chi connectivity index (χ2v) is 7.02. The van der Waals surface area contributed by atoms with Gasteiger partial charge >= 0.3 is 5.97 Å². The number of aromatic carboxylic acids is 1. The average Bonchev–Trinajstić information content (AvgIpc) is 2.67. The molecular weight excluding hydrogens is 362 g/mol. The minimum Gasteiger partial charge on any atom is -0.478 e. The van der Waals surface area contributed by atoms with Crippen LogP contribution in [0.1, 0.15) is 32.7 Å². The van der Waals surface area contributed by atoms with Gasteiger partial charge in [-0.15, -0.1) is 0 Å². The molecule has 1 aromatic heterocycles. The summed E-state index contributed by atoms with van der Waals surface area (Å²) in [6, 6.07) is 15.7. The van der Waals surface area contributed by atoms with Crippen molar-refractivity contribution in [2.45, 2.75) is 19.4 Å². The Labute approximate surface area is 162 Å². The number of rotatable bonds is 4. The van der Waals surface area contributed by atoms with Crippen molar-refractivity contribution in [1.82, 2.24) is 9.97 Å². The Morgan fingerprint density at radius 3 is 2.74 bits per heavy atom. The molecule has 4 rings (SSSR count). The van der Waals surface area contributed by atoms with Crippen molar-refractivity contribution in [2.75, 3.05) is 11.4 Å². The quantitative estimate of drug-likeness (QED) is 0.742. The van der Waals surface area contributed by atoms with E-state index < -0.39 is 5.97 Å². The second-order valence-electron chi connectivity index (χ2n) is 6.58. The molecule has 6 heteroatoms. The molecule has 0 fully saturated rings. The fourth-order valence-corrected chi connectivity index (χ4v) is 3.59. The van der Waals surface area contributed by atoms with Crippen LogP contribution in [0.15, 0.2) is 54.7 Å². The van der Waals surface area contributed by atoms with Crippen LogP contribution >= 0.6 is 11.6 Å².